The lowest BCUT2D eigenvalue weighted by Gasteiger charge is -2.34. The number of rotatable bonds is 3. The SMILES string of the molecule is Cc1ccc(F)c([C@H](N)[C@H](O)C2CCC2)c1Cl. The third-order valence-electron chi connectivity index (χ3n) is 3.65. The standard InChI is InChI=1S/C13H17ClFNO/c1-7-5-6-9(15)10(11(7)14)12(16)13(17)8-3-2-4-8/h5-6,8,12-13,17H,2-4,16H2,1H3/t12-,13+/m0/s1. The van der Waals surface area contributed by atoms with Crippen LogP contribution in [0.25, 0.3) is 0 Å². The van der Waals surface area contributed by atoms with Crippen LogP contribution in [-0.4, -0.2) is 11.2 Å². The zero-order valence-corrected chi connectivity index (χ0v) is 10.5. The van der Waals surface area contributed by atoms with Gasteiger partial charge < -0.3 is 10.8 Å². The van der Waals surface area contributed by atoms with E-state index in [2.05, 4.69) is 0 Å². The van der Waals surface area contributed by atoms with Gasteiger partial charge in [0.1, 0.15) is 5.82 Å². The summed E-state index contributed by atoms with van der Waals surface area (Å²) in [5, 5.41) is 10.4. The Morgan fingerprint density at radius 2 is 2.12 bits per heavy atom. The molecular weight excluding hydrogens is 241 g/mol. The monoisotopic (exact) mass is 257 g/mol. The van der Waals surface area contributed by atoms with Crippen LogP contribution in [0.3, 0.4) is 0 Å². The van der Waals surface area contributed by atoms with Crippen LogP contribution in [0.4, 0.5) is 4.39 Å². The van der Waals surface area contributed by atoms with Crippen LogP contribution in [0, 0.1) is 18.7 Å². The van der Waals surface area contributed by atoms with E-state index in [1.54, 1.807) is 13.0 Å². The Labute approximate surface area is 106 Å². The van der Waals surface area contributed by atoms with Gasteiger partial charge in [0.2, 0.25) is 0 Å². The minimum absolute atomic E-state index is 0.181. The summed E-state index contributed by atoms with van der Waals surface area (Å²) in [5.74, 6) is -0.257. The molecule has 0 saturated heterocycles. The van der Waals surface area contributed by atoms with Crippen molar-refractivity contribution in [2.24, 2.45) is 11.7 Å². The summed E-state index contributed by atoms with van der Waals surface area (Å²) in [4.78, 5) is 0. The van der Waals surface area contributed by atoms with Crippen molar-refractivity contribution >= 4 is 11.6 Å². The first-order chi connectivity index (χ1) is 8.02. The molecule has 0 aromatic heterocycles. The molecule has 1 aliphatic carbocycles. The Morgan fingerprint density at radius 1 is 1.47 bits per heavy atom. The third-order valence-corrected chi connectivity index (χ3v) is 4.16. The molecule has 4 heteroatoms. The fraction of sp³-hybridized carbons (Fsp3) is 0.538. The maximum absolute atomic E-state index is 13.8. The molecule has 0 bridgehead atoms. The third kappa shape index (κ3) is 2.32. The van der Waals surface area contributed by atoms with E-state index in [0.717, 1.165) is 24.8 Å². The topological polar surface area (TPSA) is 46.2 Å². The Hall–Kier alpha value is -0.640. The molecule has 0 unspecified atom stereocenters. The summed E-state index contributed by atoms with van der Waals surface area (Å²) >= 11 is 6.07. The average molecular weight is 258 g/mol. The molecule has 17 heavy (non-hydrogen) atoms. The second-order valence-electron chi connectivity index (χ2n) is 4.80. The molecule has 2 atom stereocenters. The van der Waals surface area contributed by atoms with Crippen molar-refractivity contribution in [3.63, 3.8) is 0 Å². The molecule has 1 saturated carbocycles. The van der Waals surface area contributed by atoms with E-state index >= 15 is 0 Å². The first-order valence-electron chi connectivity index (χ1n) is 5.90. The molecule has 1 aliphatic rings. The molecule has 0 aliphatic heterocycles. The van der Waals surface area contributed by atoms with Gasteiger partial charge in [-0.1, -0.05) is 24.1 Å². The number of hydrogen-bond acceptors (Lipinski definition) is 2. The largest absolute Gasteiger partial charge is 0.391 e. The van der Waals surface area contributed by atoms with Gasteiger partial charge in [-0.15, -0.1) is 0 Å². The summed E-state index contributed by atoms with van der Waals surface area (Å²) in [5.41, 5.74) is 6.96. The molecule has 0 heterocycles. The van der Waals surface area contributed by atoms with Crippen LogP contribution in [0.15, 0.2) is 12.1 Å². The van der Waals surface area contributed by atoms with E-state index in [1.165, 1.54) is 6.07 Å². The van der Waals surface area contributed by atoms with E-state index in [9.17, 15) is 9.50 Å². The lowest BCUT2D eigenvalue weighted by atomic mass is 9.77. The Balaban J connectivity index is 2.29. The van der Waals surface area contributed by atoms with Crippen molar-refractivity contribution < 1.29 is 9.50 Å². The highest BCUT2D eigenvalue weighted by Gasteiger charge is 2.33. The smallest absolute Gasteiger partial charge is 0.129 e. The number of aliphatic hydroxyl groups is 1. The lowest BCUT2D eigenvalue weighted by molar-refractivity contribution is 0.0405. The van der Waals surface area contributed by atoms with Gasteiger partial charge in [0, 0.05) is 5.56 Å². The molecule has 1 aromatic rings. The van der Waals surface area contributed by atoms with Crippen molar-refractivity contribution in [1.82, 2.24) is 0 Å². The zero-order chi connectivity index (χ0) is 12.6. The Bertz CT molecular complexity index is 420. The molecule has 0 radical (unpaired) electrons. The quantitative estimate of drug-likeness (QED) is 0.875. The summed E-state index contributed by atoms with van der Waals surface area (Å²) < 4.78 is 13.8. The molecule has 0 spiro atoms. The Kier molecular flexibility index (Phi) is 3.71. The summed E-state index contributed by atoms with van der Waals surface area (Å²) in [7, 11) is 0. The lowest BCUT2D eigenvalue weighted by Crippen LogP contribution is -2.37. The van der Waals surface area contributed by atoms with Crippen molar-refractivity contribution in [2.45, 2.75) is 38.3 Å². The van der Waals surface area contributed by atoms with E-state index < -0.39 is 18.0 Å². The normalized spacial score (nSPS) is 19.8. The summed E-state index contributed by atoms with van der Waals surface area (Å²) in [6.45, 7) is 1.80. The molecule has 0 amide bonds. The maximum atomic E-state index is 13.8. The van der Waals surface area contributed by atoms with Crippen molar-refractivity contribution in [3.05, 3.63) is 34.1 Å². The number of aliphatic hydroxyl groups excluding tert-OH is 1. The van der Waals surface area contributed by atoms with E-state index in [0.29, 0.717) is 5.02 Å². The van der Waals surface area contributed by atoms with Gasteiger partial charge in [-0.05, 0) is 37.3 Å². The number of aryl methyl sites for hydroxylation is 1. The van der Waals surface area contributed by atoms with Crippen LogP contribution in [0.5, 0.6) is 0 Å². The Morgan fingerprint density at radius 3 is 2.65 bits per heavy atom. The fourth-order valence-electron chi connectivity index (χ4n) is 2.23. The molecule has 1 aromatic carbocycles. The molecule has 1 fully saturated rings. The van der Waals surface area contributed by atoms with Crippen LogP contribution in [0.2, 0.25) is 5.02 Å². The van der Waals surface area contributed by atoms with Crippen molar-refractivity contribution in [2.75, 3.05) is 0 Å². The van der Waals surface area contributed by atoms with Crippen LogP contribution < -0.4 is 5.73 Å². The second kappa shape index (κ2) is 4.92. The number of benzene rings is 1. The molecule has 2 rings (SSSR count). The minimum Gasteiger partial charge on any atom is -0.391 e. The average Bonchev–Trinajstić information content (AvgIpc) is 2.21. The van der Waals surface area contributed by atoms with Gasteiger partial charge in [-0.25, -0.2) is 4.39 Å². The van der Waals surface area contributed by atoms with Gasteiger partial charge in [-0.2, -0.15) is 0 Å². The highest BCUT2D eigenvalue weighted by atomic mass is 35.5. The molecule has 94 valence electrons. The van der Waals surface area contributed by atoms with Crippen molar-refractivity contribution in [3.8, 4) is 0 Å². The molecule has 2 nitrogen and oxygen atoms in total. The van der Waals surface area contributed by atoms with Gasteiger partial charge in [0.15, 0.2) is 0 Å². The van der Waals surface area contributed by atoms with Crippen LogP contribution >= 0.6 is 11.6 Å². The van der Waals surface area contributed by atoms with Gasteiger partial charge in [-0.3, -0.25) is 0 Å². The predicted octanol–water partition coefficient (Wildman–Crippen LogP) is 2.95. The predicted molar refractivity (Wildman–Crippen MR) is 66.4 cm³/mol. The van der Waals surface area contributed by atoms with Crippen molar-refractivity contribution in [1.29, 1.82) is 0 Å². The molecule has 3 N–H and O–H groups in total. The fourth-order valence-corrected chi connectivity index (χ4v) is 2.51. The van der Waals surface area contributed by atoms with Gasteiger partial charge in [0.25, 0.3) is 0 Å². The van der Waals surface area contributed by atoms with Crippen LogP contribution in [-0.2, 0) is 0 Å². The highest BCUT2D eigenvalue weighted by molar-refractivity contribution is 6.32. The first-order valence-corrected chi connectivity index (χ1v) is 6.28. The first kappa shape index (κ1) is 12.8. The minimum atomic E-state index is -0.743. The van der Waals surface area contributed by atoms with Gasteiger partial charge >= 0.3 is 0 Å². The zero-order valence-electron chi connectivity index (χ0n) is 9.79. The summed E-state index contributed by atoms with van der Waals surface area (Å²) in [6.07, 6.45) is 2.32. The van der Waals surface area contributed by atoms with E-state index in [-0.39, 0.29) is 11.5 Å². The number of nitrogens with two attached hydrogens (primary N) is 1. The van der Waals surface area contributed by atoms with E-state index in [4.69, 9.17) is 17.3 Å². The van der Waals surface area contributed by atoms with E-state index in [1.807, 2.05) is 0 Å². The summed E-state index contributed by atoms with van der Waals surface area (Å²) in [6, 6.07) is 2.22. The van der Waals surface area contributed by atoms with Crippen LogP contribution in [0.1, 0.15) is 36.4 Å². The maximum Gasteiger partial charge on any atom is 0.129 e. The second-order valence-corrected chi connectivity index (χ2v) is 5.18. The molecular formula is C13H17ClFNO. The number of halogens is 2. The highest BCUT2D eigenvalue weighted by Crippen LogP contribution is 2.37. The number of hydrogen-bond donors (Lipinski definition) is 2. The van der Waals surface area contributed by atoms with Gasteiger partial charge in [0.05, 0.1) is 17.2 Å².